The molecule has 0 radical (unpaired) electrons. The van der Waals surface area contributed by atoms with Gasteiger partial charge in [-0.25, -0.2) is 0 Å². The summed E-state index contributed by atoms with van der Waals surface area (Å²) in [5.74, 6) is 2.35. The molecular formula is C31H30N4O3. The first kappa shape index (κ1) is 23.0. The van der Waals surface area contributed by atoms with Gasteiger partial charge >= 0.3 is 0 Å². The zero-order valence-electron chi connectivity index (χ0n) is 21.2. The van der Waals surface area contributed by atoms with Crippen molar-refractivity contribution >= 4 is 11.4 Å². The van der Waals surface area contributed by atoms with Gasteiger partial charge in [0.15, 0.2) is 0 Å². The van der Waals surface area contributed by atoms with Gasteiger partial charge in [-0.05, 0) is 65.8 Å². The summed E-state index contributed by atoms with van der Waals surface area (Å²) >= 11 is 0. The average molecular weight is 507 g/mol. The Labute approximate surface area is 221 Å². The minimum Gasteiger partial charge on any atom is -0.456 e. The fourth-order valence-electron chi connectivity index (χ4n) is 5.43. The standard InChI is InChI=1S/C31H30N4O3/c36-30-16-26(35-8-10-37-11-9-35)15-28(34-30)27-3-1-2-22-13-23-14-25(6-7-29(23)38-31(22)27)33-18-20-12-24(19-32-17-20)21-4-5-21/h1-3,6-7,12,14-17,19,21,33H,4-5,8-11,13,18H2,(H,34,36). The molecule has 7 heteroatoms. The van der Waals surface area contributed by atoms with E-state index in [1.54, 1.807) is 6.07 Å². The number of aromatic amines is 1. The number of morpholine rings is 1. The van der Waals surface area contributed by atoms with Crippen LogP contribution in [0.1, 0.15) is 41.0 Å². The minimum absolute atomic E-state index is 0.119. The first-order valence-electron chi connectivity index (χ1n) is 13.4. The van der Waals surface area contributed by atoms with Crippen LogP contribution in [0.4, 0.5) is 11.4 Å². The third-order valence-electron chi connectivity index (χ3n) is 7.61. The van der Waals surface area contributed by atoms with Gasteiger partial charge in [-0.15, -0.1) is 0 Å². The van der Waals surface area contributed by atoms with E-state index in [-0.39, 0.29) is 5.56 Å². The number of fused-ring (bicyclic) bond motifs is 2. The van der Waals surface area contributed by atoms with Gasteiger partial charge in [0.25, 0.3) is 0 Å². The Morgan fingerprint density at radius 2 is 1.89 bits per heavy atom. The first-order valence-corrected chi connectivity index (χ1v) is 13.4. The molecule has 7 rings (SSSR count). The number of hydrogen-bond acceptors (Lipinski definition) is 6. The molecule has 2 aliphatic heterocycles. The Morgan fingerprint density at radius 3 is 2.76 bits per heavy atom. The fraction of sp³-hybridized carbons (Fsp3) is 0.290. The van der Waals surface area contributed by atoms with Gasteiger partial charge in [0.1, 0.15) is 11.5 Å². The predicted molar refractivity (Wildman–Crippen MR) is 148 cm³/mol. The van der Waals surface area contributed by atoms with Crippen molar-refractivity contribution in [1.82, 2.24) is 9.97 Å². The van der Waals surface area contributed by atoms with E-state index < -0.39 is 0 Å². The highest BCUT2D eigenvalue weighted by atomic mass is 16.5. The molecule has 2 aromatic carbocycles. The van der Waals surface area contributed by atoms with Crippen molar-refractivity contribution in [2.75, 3.05) is 36.5 Å². The van der Waals surface area contributed by atoms with Gasteiger partial charge < -0.3 is 24.7 Å². The van der Waals surface area contributed by atoms with Crippen molar-refractivity contribution in [2.45, 2.75) is 31.7 Å². The second kappa shape index (κ2) is 9.65. The van der Waals surface area contributed by atoms with Crippen molar-refractivity contribution < 1.29 is 9.47 Å². The molecule has 192 valence electrons. The van der Waals surface area contributed by atoms with Crippen LogP contribution in [0.5, 0.6) is 11.5 Å². The molecule has 7 nitrogen and oxygen atoms in total. The van der Waals surface area contributed by atoms with Crippen molar-refractivity contribution in [2.24, 2.45) is 0 Å². The second-order valence-corrected chi connectivity index (χ2v) is 10.4. The van der Waals surface area contributed by atoms with E-state index >= 15 is 0 Å². The van der Waals surface area contributed by atoms with Gasteiger partial charge in [-0.3, -0.25) is 9.78 Å². The third-order valence-corrected chi connectivity index (χ3v) is 7.61. The summed E-state index contributed by atoms with van der Waals surface area (Å²) in [5, 5.41) is 3.55. The van der Waals surface area contributed by atoms with Crippen LogP contribution in [0, 0.1) is 0 Å². The van der Waals surface area contributed by atoms with E-state index in [9.17, 15) is 4.79 Å². The number of aromatic nitrogens is 2. The molecule has 38 heavy (non-hydrogen) atoms. The second-order valence-electron chi connectivity index (χ2n) is 10.4. The van der Waals surface area contributed by atoms with Crippen molar-refractivity contribution in [1.29, 1.82) is 0 Å². The van der Waals surface area contributed by atoms with Crippen molar-refractivity contribution in [3.63, 3.8) is 0 Å². The highest BCUT2D eigenvalue weighted by molar-refractivity contribution is 5.74. The van der Waals surface area contributed by atoms with Crippen LogP contribution >= 0.6 is 0 Å². The van der Waals surface area contributed by atoms with E-state index in [0.717, 1.165) is 71.3 Å². The van der Waals surface area contributed by atoms with Crippen LogP contribution < -0.4 is 20.5 Å². The maximum absolute atomic E-state index is 12.6. The topological polar surface area (TPSA) is 79.5 Å². The van der Waals surface area contributed by atoms with Crippen molar-refractivity contribution in [3.05, 3.63) is 99.6 Å². The zero-order chi connectivity index (χ0) is 25.5. The van der Waals surface area contributed by atoms with Gasteiger partial charge in [0, 0.05) is 67.0 Å². The number of H-pyrrole nitrogens is 1. The van der Waals surface area contributed by atoms with E-state index in [4.69, 9.17) is 9.47 Å². The number of rotatable bonds is 6. The van der Waals surface area contributed by atoms with Crippen LogP contribution in [0.2, 0.25) is 0 Å². The van der Waals surface area contributed by atoms with Crippen molar-refractivity contribution in [3.8, 4) is 22.8 Å². The number of nitrogens with zero attached hydrogens (tertiary/aromatic N) is 2. The van der Waals surface area contributed by atoms with E-state index in [1.807, 2.05) is 36.7 Å². The number of nitrogens with one attached hydrogen (secondary N) is 2. The average Bonchev–Trinajstić information content (AvgIpc) is 3.81. The summed E-state index contributed by atoms with van der Waals surface area (Å²) in [4.78, 5) is 22.2. The highest BCUT2D eigenvalue weighted by Gasteiger charge is 2.24. The van der Waals surface area contributed by atoms with Gasteiger partial charge in [-0.1, -0.05) is 18.2 Å². The number of hydrogen-bond donors (Lipinski definition) is 2. The predicted octanol–water partition coefficient (Wildman–Crippen LogP) is 5.46. The first-order chi connectivity index (χ1) is 18.7. The number of benzene rings is 2. The molecule has 0 bridgehead atoms. The largest absolute Gasteiger partial charge is 0.456 e. The Kier molecular flexibility index (Phi) is 5.85. The Bertz CT molecular complexity index is 1550. The summed E-state index contributed by atoms with van der Waals surface area (Å²) in [6.07, 6.45) is 7.26. The number of pyridine rings is 2. The van der Waals surface area contributed by atoms with E-state index in [2.05, 4.69) is 44.5 Å². The zero-order valence-corrected chi connectivity index (χ0v) is 21.2. The smallest absolute Gasteiger partial charge is 0.250 e. The van der Waals surface area contributed by atoms with Gasteiger partial charge in [-0.2, -0.15) is 0 Å². The molecule has 1 saturated heterocycles. The number of ether oxygens (including phenoxy) is 2. The lowest BCUT2D eigenvalue weighted by molar-refractivity contribution is 0.122. The molecule has 1 aliphatic carbocycles. The lowest BCUT2D eigenvalue weighted by Crippen LogP contribution is -2.36. The molecule has 4 heterocycles. The molecular weight excluding hydrogens is 476 g/mol. The van der Waals surface area contributed by atoms with Gasteiger partial charge in [0.2, 0.25) is 5.56 Å². The molecule has 0 spiro atoms. The Balaban J connectivity index is 1.12. The molecule has 2 N–H and O–H groups in total. The number of anilines is 2. The summed E-state index contributed by atoms with van der Waals surface area (Å²) in [6, 6.07) is 18.4. The normalized spacial score (nSPS) is 16.4. The Hall–Kier alpha value is -4.10. The summed E-state index contributed by atoms with van der Waals surface area (Å²) < 4.78 is 11.9. The summed E-state index contributed by atoms with van der Waals surface area (Å²) in [5.41, 5.74) is 8.31. The lowest BCUT2D eigenvalue weighted by atomic mass is 9.96. The quantitative estimate of drug-likeness (QED) is 0.318. The monoisotopic (exact) mass is 506 g/mol. The van der Waals surface area contributed by atoms with Crippen LogP contribution in [-0.4, -0.2) is 36.3 Å². The van der Waals surface area contributed by atoms with Crippen LogP contribution in [0.3, 0.4) is 0 Å². The molecule has 4 aromatic rings. The summed E-state index contributed by atoms with van der Waals surface area (Å²) in [7, 11) is 0. The van der Waals surface area contributed by atoms with Gasteiger partial charge in [0.05, 0.1) is 18.9 Å². The van der Waals surface area contributed by atoms with Crippen LogP contribution in [0.15, 0.2) is 71.8 Å². The highest BCUT2D eigenvalue weighted by Crippen LogP contribution is 2.43. The molecule has 0 amide bonds. The SMILES string of the molecule is O=c1cc(N2CCOCC2)cc(-c2cccc3c2Oc2ccc(NCc4cncc(C5CC5)c4)cc2C3)[nH]1. The number of para-hydroxylation sites is 1. The maximum atomic E-state index is 12.6. The third kappa shape index (κ3) is 4.65. The lowest BCUT2D eigenvalue weighted by Gasteiger charge is -2.29. The van der Waals surface area contributed by atoms with E-state index in [1.165, 1.54) is 24.0 Å². The molecule has 3 aliphatic rings. The molecule has 2 fully saturated rings. The summed E-state index contributed by atoms with van der Waals surface area (Å²) in [6.45, 7) is 3.63. The maximum Gasteiger partial charge on any atom is 0.250 e. The molecule has 0 unspecified atom stereocenters. The van der Waals surface area contributed by atoms with E-state index in [0.29, 0.717) is 19.1 Å². The Morgan fingerprint density at radius 1 is 1.00 bits per heavy atom. The molecule has 2 aromatic heterocycles. The molecule has 1 saturated carbocycles. The fourth-order valence-corrected chi connectivity index (χ4v) is 5.43. The molecule has 0 atom stereocenters. The van der Waals surface area contributed by atoms with Crippen LogP contribution in [0.25, 0.3) is 11.3 Å². The van der Waals surface area contributed by atoms with Crippen LogP contribution in [-0.2, 0) is 17.7 Å². The minimum atomic E-state index is -0.119.